The molecule has 48 valence electrons. The van der Waals surface area contributed by atoms with Crippen molar-refractivity contribution in [3.05, 3.63) is 0 Å². The highest BCUT2D eigenvalue weighted by molar-refractivity contribution is 5.51. The first-order chi connectivity index (χ1) is 3.85. The van der Waals surface area contributed by atoms with Crippen LogP contribution in [0.15, 0.2) is 0 Å². The topological polar surface area (TPSA) is 20.3 Å². The molecule has 2 nitrogen and oxygen atoms in total. The molecule has 0 aromatic carbocycles. The molecule has 0 bridgehead atoms. The van der Waals surface area contributed by atoms with Gasteiger partial charge in [-0.15, -0.1) is 0 Å². The van der Waals surface area contributed by atoms with Crippen molar-refractivity contribution in [1.29, 1.82) is 0 Å². The molecule has 0 aliphatic carbocycles. The highest BCUT2D eigenvalue weighted by Crippen LogP contribution is 1.80. The van der Waals surface area contributed by atoms with Gasteiger partial charge in [0.05, 0.1) is 6.54 Å². The number of carbonyl (C=O) groups excluding carboxylic acids is 1. The fraction of sp³-hybridized carbons (Fsp3) is 0.833. The molecule has 0 heterocycles. The molecule has 0 unspecified atom stereocenters. The fourth-order valence-corrected chi connectivity index (χ4v) is 0.587. The third-order valence-electron chi connectivity index (χ3n) is 1.23. The predicted octanol–water partition coefficient (Wildman–Crippen LogP) is 0.527. The van der Waals surface area contributed by atoms with Crippen molar-refractivity contribution in [2.45, 2.75) is 13.8 Å². The molecule has 0 amide bonds. The summed E-state index contributed by atoms with van der Waals surface area (Å²) in [4.78, 5) is 12.0. The molecule has 0 fully saturated rings. The second-order valence-corrected chi connectivity index (χ2v) is 1.65. The van der Waals surface area contributed by atoms with E-state index >= 15 is 0 Å². The van der Waals surface area contributed by atoms with Gasteiger partial charge in [0.2, 0.25) is 0 Å². The summed E-state index contributed by atoms with van der Waals surface area (Å²) in [6.45, 7) is 6.61. The van der Waals surface area contributed by atoms with Gasteiger partial charge in [0.1, 0.15) is 6.29 Å². The van der Waals surface area contributed by atoms with Gasteiger partial charge in [0, 0.05) is 0 Å². The molecule has 0 saturated heterocycles. The standard InChI is InChI=1S/C6H13NO/c1-3-7(4-2)5-6-8/h6H,3-5H2,1-2H3. The Morgan fingerprint density at radius 1 is 1.38 bits per heavy atom. The molecule has 0 atom stereocenters. The van der Waals surface area contributed by atoms with E-state index in [0.717, 1.165) is 19.4 Å². The molecular weight excluding hydrogens is 102 g/mol. The lowest BCUT2D eigenvalue weighted by molar-refractivity contribution is -0.108. The van der Waals surface area contributed by atoms with Crippen LogP contribution in [0.1, 0.15) is 13.8 Å². The summed E-state index contributed by atoms with van der Waals surface area (Å²) in [5.74, 6) is 0. The smallest absolute Gasteiger partial charge is 0.133 e. The minimum Gasteiger partial charge on any atom is -0.302 e. The highest BCUT2D eigenvalue weighted by atomic mass is 16.1. The molecule has 0 radical (unpaired) electrons. The molecule has 8 heavy (non-hydrogen) atoms. The van der Waals surface area contributed by atoms with Crippen LogP contribution in [-0.2, 0) is 4.79 Å². The number of carbonyl (C=O) groups is 1. The summed E-state index contributed by atoms with van der Waals surface area (Å²) < 4.78 is 0. The molecule has 0 rings (SSSR count). The maximum Gasteiger partial charge on any atom is 0.133 e. The zero-order chi connectivity index (χ0) is 6.41. The van der Waals surface area contributed by atoms with Gasteiger partial charge in [-0.1, -0.05) is 13.8 Å². The maximum absolute atomic E-state index is 9.89. The quantitative estimate of drug-likeness (QED) is 0.498. The Morgan fingerprint density at radius 3 is 2.00 bits per heavy atom. The Labute approximate surface area is 50.5 Å². The van der Waals surface area contributed by atoms with Gasteiger partial charge >= 0.3 is 0 Å². The summed E-state index contributed by atoms with van der Waals surface area (Å²) in [5.41, 5.74) is 0. The van der Waals surface area contributed by atoms with Crippen LogP contribution >= 0.6 is 0 Å². The first kappa shape index (κ1) is 7.63. The summed E-state index contributed by atoms with van der Waals surface area (Å²) in [7, 11) is 0. The van der Waals surface area contributed by atoms with Gasteiger partial charge in [-0.05, 0) is 13.1 Å². The summed E-state index contributed by atoms with van der Waals surface area (Å²) >= 11 is 0. The number of hydrogen-bond donors (Lipinski definition) is 0. The number of hydrogen-bond acceptors (Lipinski definition) is 2. The van der Waals surface area contributed by atoms with E-state index in [2.05, 4.69) is 4.90 Å². The van der Waals surface area contributed by atoms with Gasteiger partial charge in [-0.2, -0.15) is 0 Å². The van der Waals surface area contributed by atoms with Crippen LogP contribution in [0.4, 0.5) is 0 Å². The van der Waals surface area contributed by atoms with Crippen LogP contribution in [0.3, 0.4) is 0 Å². The Balaban J connectivity index is 3.20. The lowest BCUT2D eigenvalue weighted by Gasteiger charge is -2.12. The molecular formula is C6H13NO. The van der Waals surface area contributed by atoms with Crippen molar-refractivity contribution >= 4 is 6.29 Å². The summed E-state index contributed by atoms with van der Waals surface area (Å²) in [5, 5.41) is 0. The van der Waals surface area contributed by atoms with E-state index in [1.54, 1.807) is 0 Å². The Hall–Kier alpha value is -0.370. The van der Waals surface area contributed by atoms with Crippen molar-refractivity contribution < 1.29 is 4.79 Å². The summed E-state index contributed by atoms with van der Waals surface area (Å²) in [6.07, 6.45) is 0.938. The van der Waals surface area contributed by atoms with Crippen LogP contribution in [0.5, 0.6) is 0 Å². The van der Waals surface area contributed by atoms with Gasteiger partial charge in [0.25, 0.3) is 0 Å². The van der Waals surface area contributed by atoms with Gasteiger partial charge in [-0.25, -0.2) is 0 Å². The minimum atomic E-state index is 0.576. The highest BCUT2D eigenvalue weighted by Gasteiger charge is 1.93. The normalized spacial score (nSPS) is 9.88. The van der Waals surface area contributed by atoms with E-state index in [9.17, 15) is 4.79 Å². The third kappa shape index (κ3) is 2.75. The number of likely N-dealkylation sites (N-methyl/N-ethyl adjacent to an activating group) is 1. The molecule has 0 spiro atoms. The average Bonchev–Trinajstić information content (AvgIpc) is 1.83. The molecule has 0 aliphatic heterocycles. The molecule has 0 N–H and O–H groups in total. The third-order valence-corrected chi connectivity index (χ3v) is 1.23. The van der Waals surface area contributed by atoms with Crippen molar-refractivity contribution in [3.8, 4) is 0 Å². The molecule has 0 aliphatic rings. The molecule has 0 aromatic heterocycles. The molecule has 2 heteroatoms. The number of nitrogens with zero attached hydrogens (tertiary/aromatic N) is 1. The second-order valence-electron chi connectivity index (χ2n) is 1.65. The van der Waals surface area contributed by atoms with Crippen LogP contribution in [-0.4, -0.2) is 30.8 Å². The largest absolute Gasteiger partial charge is 0.302 e. The Morgan fingerprint density at radius 2 is 1.88 bits per heavy atom. The van der Waals surface area contributed by atoms with E-state index in [4.69, 9.17) is 0 Å². The maximum atomic E-state index is 9.89. The zero-order valence-electron chi connectivity index (χ0n) is 5.55. The molecule has 0 aromatic rings. The van der Waals surface area contributed by atoms with Crippen molar-refractivity contribution in [2.24, 2.45) is 0 Å². The van der Waals surface area contributed by atoms with Crippen LogP contribution in [0, 0.1) is 0 Å². The van der Waals surface area contributed by atoms with E-state index in [0.29, 0.717) is 6.54 Å². The van der Waals surface area contributed by atoms with Gasteiger partial charge in [0.15, 0.2) is 0 Å². The Bertz CT molecular complexity index is 59.5. The lowest BCUT2D eigenvalue weighted by Crippen LogP contribution is -2.24. The minimum absolute atomic E-state index is 0.576. The van der Waals surface area contributed by atoms with Crippen molar-refractivity contribution in [2.75, 3.05) is 19.6 Å². The second kappa shape index (κ2) is 4.78. The van der Waals surface area contributed by atoms with Crippen molar-refractivity contribution in [3.63, 3.8) is 0 Å². The van der Waals surface area contributed by atoms with E-state index in [-0.39, 0.29) is 0 Å². The van der Waals surface area contributed by atoms with E-state index < -0.39 is 0 Å². The van der Waals surface area contributed by atoms with Crippen LogP contribution < -0.4 is 0 Å². The summed E-state index contributed by atoms with van der Waals surface area (Å²) in [6, 6.07) is 0. The SMILES string of the molecule is CCN(CC)CC=O. The van der Waals surface area contributed by atoms with Gasteiger partial charge in [-0.3, -0.25) is 4.90 Å². The van der Waals surface area contributed by atoms with E-state index in [1.807, 2.05) is 13.8 Å². The average molecular weight is 115 g/mol. The van der Waals surface area contributed by atoms with Crippen LogP contribution in [0.25, 0.3) is 0 Å². The Kier molecular flexibility index (Phi) is 4.56. The van der Waals surface area contributed by atoms with Crippen molar-refractivity contribution in [1.82, 2.24) is 4.90 Å². The lowest BCUT2D eigenvalue weighted by atomic mass is 10.5. The zero-order valence-corrected chi connectivity index (χ0v) is 5.55. The number of rotatable bonds is 4. The fourth-order valence-electron chi connectivity index (χ4n) is 0.587. The van der Waals surface area contributed by atoms with E-state index in [1.165, 1.54) is 0 Å². The predicted molar refractivity (Wildman–Crippen MR) is 33.9 cm³/mol. The van der Waals surface area contributed by atoms with Gasteiger partial charge < -0.3 is 4.79 Å². The monoisotopic (exact) mass is 115 g/mol. The number of aldehydes is 1. The molecule has 0 saturated carbocycles. The van der Waals surface area contributed by atoms with Crippen LogP contribution in [0.2, 0.25) is 0 Å². The first-order valence-corrected chi connectivity index (χ1v) is 3.01. The first-order valence-electron chi connectivity index (χ1n) is 3.01.